The second-order valence-corrected chi connectivity index (χ2v) is 8.32. The minimum atomic E-state index is -3.68. The van der Waals surface area contributed by atoms with Crippen molar-refractivity contribution in [3.05, 3.63) is 71.5 Å². The highest BCUT2D eigenvalue weighted by molar-refractivity contribution is 7.90. The van der Waals surface area contributed by atoms with E-state index in [1.54, 1.807) is 35.9 Å². The molecule has 0 aliphatic rings. The number of aromatic nitrogens is 3. The van der Waals surface area contributed by atoms with E-state index in [2.05, 4.69) is 10.2 Å². The van der Waals surface area contributed by atoms with Crippen LogP contribution in [0.2, 0.25) is 0 Å². The van der Waals surface area contributed by atoms with E-state index < -0.39 is 9.84 Å². The Morgan fingerprint density at radius 1 is 1.00 bits per heavy atom. The molecule has 0 saturated heterocycles. The van der Waals surface area contributed by atoms with Crippen LogP contribution in [0.4, 0.5) is 0 Å². The van der Waals surface area contributed by atoms with Crippen LogP contribution in [-0.4, -0.2) is 36.8 Å². The van der Waals surface area contributed by atoms with E-state index in [4.69, 9.17) is 10.5 Å². The summed E-state index contributed by atoms with van der Waals surface area (Å²) in [5, 5.41) is 8.07. The van der Waals surface area contributed by atoms with Gasteiger partial charge < -0.3 is 15.0 Å². The number of nitrogens with two attached hydrogens (primary N) is 1. The lowest BCUT2D eigenvalue weighted by molar-refractivity contribution is 0.414. The predicted molar refractivity (Wildman–Crippen MR) is 107 cm³/mol. The lowest BCUT2D eigenvalue weighted by atomic mass is 10.1. The SMILES string of the molecule is COc1cccc(CS(=O)(=O)c2nnc(CCN)n2CCc2ccccc2)c1. The van der Waals surface area contributed by atoms with E-state index in [0.717, 1.165) is 5.56 Å². The first-order valence-corrected chi connectivity index (χ1v) is 10.7. The van der Waals surface area contributed by atoms with Crippen LogP contribution in [0.1, 0.15) is 17.0 Å². The van der Waals surface area contributed by atoms with Gasteiger partial charge in [0.05, 0.1) is 12.9 Å². The molecule has 0 saturated carbocycles. The molecule has 2 N–H and O–H groups in total. The molecule has 3 aromatic rings. The number of rotatable bonds is 9. The number of methoxy groups -OCH3 is 1. The van der Waals surface area contributed by atoms with E-state index in [9.17, 15) is 8.42 Å². The highest BCUT2D eigenvalue weighted by Gasteiger charge is 2.25. The normalized spacial score (nSPS) is 11.5. The van der Waals surface area contributed by atoms with Gasteiger partial charge in [-0.1, -0.05) is 42.5 Å². The van der Waals surface area contributed by atoms with Crippen molar-refractivity contribution in [2.24, 2.45) is 5.73 Å². The van der Waals surface area contributed by atoms with Gasteiger partial charge in [0, 0.05) is 13.0 Å². The number of ether oxygens (including phenoxy) is 1. The zero-order valence-corrected chi connectivity index (χ0v) is 16.6. The lowest BCUT2D eigenvalue weighted by Crippen LogP contribution is -2.17. The molecule has 0 unspecified atom stereocenters. The van der Waals surface area contributed by atoms with E-state index in [0.29, 0.717) is 43.1 Å². The van der Waals surface area contributed by atoms with Crippen molar-refractivity contribution in [1.29, 1.82) is 0 Å². The van der Waals surface area contributed by atoms with Crippen LogP contribution in [0, 0.1) is 0 Å². The van der Waals surface area contributed by atoms with Crippen molar-refractivity contribution in [1.82, 2.24) is 14.8 Å². The number of nitrogens with zero attached hydrogens (tertiary/aromatic N) is 3. The van der Waals surface area contributed by atoms with Crippen LogP contribution in [0.5, 0.6) is 5.75 Å². The van der Waals surface area contributed by atoms with Crippen molar-refractivity contribution in [2.75, 3.05) is 13.7 Å². The quantitative estimate of drug-likeness (QED) is 0.590. The van der Waals surface area contributed by atoms with Gasteiger partial charge in [0.1, 0.15) is 11.6 Å². The van der Waals surface area contributed by atoms with Crippen molar-refractivity contribution in [3.63, 3.8) is 0 Å². The average Bonchev–Trinajstić information content (AvgIpc) is 3.11. The van der Waals surface area contributed by atoms with E-state index >= 15 is 0 Å². The third-order valence-corrected chi connectivity index (χ3v) is 5.97. The fourth-order valence-electron chi connectivity index (χ4n) is 3.02. The van der Waals surface area contributed by atoms with Crippen LogP contribution < -0.4 is 10.5 Å². The van der Waals surface area contributed by atoms with E-state index in [-0.39, 0.29) is 10.9 Å². The summed E-state index contributed by atoms with van der Waals surface area (Å²) in [6, 6.07) is 16.9. The molecule has 2 aromatic carbocycles. The Bertz CT molecular complexity index is 1020. The summed E-state index contributed by atoms with van der Waals surface area (Å²) >= 11 is 0. The standard InChI is InChI=1S/C20H24N4O3S/c1-27-18-9-5-8-17(14-18)15-28(25,26)20-23-22-19(10-12-21)24(20)13-11-16-6-3-2-4-7-16/h2-9,14H,10-13,15,21H2,1H3. The molecule has 1 aromatic heterocycles. The Kier molecular flexibility index (Phi) is 6.43. The molecule has 1 heterocycles. The molecule has 7 nitrogen and oxygen atoms in total. The van der Waals surface area contributed by atoms with Crippen molar-refractivity contribution in [2.45, 2.75) is 30.3 Å². The predicted octanol–water partition coefficient (Wildman–Crippen LogP) is 2.00. The third-order valence-electron chi connectivity index (χ3n) is 4.40. The van der Waals surface area contributed by atoms with Gasteiger partial charge in [-0.2, -0.15) is 0 Å². The first kappa shape index (κ1) is 20.0. The topological polar surface area (TPSA) is 100 Å². The molecule has 0 aliphatic heterocycles. The Hall–Kier alpha value is -2.71. The maximum Gasteiger partial charge on any atom is 0.250 e. The van der Waals surface area contributed by atoms with Crippen LogP contribution >= 0.6 is 0 Å². The minimum Gasteiger partial charge on any atom is -0.497 e. The molecule has 148 valence electrons. The fraction of sp³-hybridized carbons (Fsp3) is 0.300. The number of aryl methyl sites for hydroxylation is 1. The molecular formula is C20H24N4O3S. The zero-order chi connectivity index (χ0) is 20.0. The van der Waals surface area contributed by atoms with E-state index in [1.165, 1.54) is 0 Å². The third kappa shape index (κ3) is 4.76. The second kappa shape index (κ2) is 8.99. The zero-order valence-electron chi connectivity index (χ0n) is 15.8. The number of benzene rings is 2. The van der Waals surface area contributed by atoms with Gasteiger partial charge in [0.25, 0.3) is 0 Å². The maximum absolute atomic E-state index is 13.1. The smallest absolute Gasteiger partial charge is 0.250 e. The largest absolute Gasteiger partial charge is 0.497 e. The van der Waals surface area contributed by atoms with Crippen molar-refractivity contribution >= 4 is 9.84 Å². The first-order valence-electron chi connectivity index (χ1n) is 9.05. The maximum atomic E-state index is 13.1. The number of sulfone groups is 1. The minimum absolute atomic E-state index is 0.0188. The van der Waals surface area contributed by atoms with Gasteiger partial charge in [-0.15, -0.1) is 10.2 Å². The average molecular weight is 401 g/mol. The van der Waals surface area contributed by atoms with Gasteiger partial charge in [-0.25, -0.2) is 8.42 Å². The van der Waals surface area contributed by atoms with Crippen LogP contribution in [0.25, 0.3) is 0 Å². The monoisotopic (exact) mass is 400 g/mol. The van der Waals surface area contributed by atoms with Gasteiger partial charge in [-0.3, -0.25) is 0 Å². The second-order valence-electron chi connectivity index (χ2n) is 6.44. The highest BCUT2D eigenvalue weighted by Crippen LogP contribution is 2.20. The molecule has 0 atom stereocenters. The molecule has 0 fully saturated rings. The first-order chi connectivity index (χ1) is 13.5. The summed E-state index contributed by atoms with van der Waals surface area (Å²) in [6.07, 6.45) is 1.15. The van der Waals surface area contributed by atoms with Gasteiger partial charge in [-0.05, 0) is 36.2 Å². The van der Waals surface area contributed by atoms with Crippen LogP contribution in [-0.2, 0) is 35.0 Å². The summed E-state index contributed by atoms with van der Waals surface area (Å²) < 4.78 is 33.0. The molecule has 28 heavy (non-hydrogen) atoms. The molecule has 0 amide bonds. The van der Waals surface area contributed by atoms with Gasteiger partial charge >= 0.3 is 0 Å². The summed E-state index contributed by atoms with van der Waals surface area (Å²) in [6.45, 7) is 0.846. The molecule has 0 aliphatic carbocycles. The summed E-state index contributed by atoms with van der Waals surface area (Å²) in [5.41, 5.74) is 7.42. The lowest BCUT2D eigenvalue weighted by Gasteiger charge is -2.11. The number of hydrogen-bond acceptors (Lipinski definition) is 6. The van der Waals surface area contributed by atoms with Crippen molar-refractivity contribution in [3.8, 4) is 5.75 Å². The van der Waals surface area contributed by atoms with E-state index in [1.807, 2.05) is 30.3 Å². The van der Waals surface area contributed by atoms with Crippen molar-refractivity contribution < 1.29 is 13.2 Å². The van der Waals surface area contributed by atoms with Gasteiger partial charge in [0.2, 0.25) is 15.0 Å². The Labute approximate surface area is 165 Å². The molecule has 0 spiro atoms. The highest BCUT2D eigenvalue weighted by atomic mass is 32.2. The Morgan fingerprint density at radius 3 is 2.46 bits per heavy atom. The molecular weight excluding hydrogens is 376 g/mol. The molecule has 0 radical (unpaired) electrons. The van der Waals surface area contributed by atoms with Gasteiger partial charge in [0.15, 0.2) is 0 Å². The number of hydrogen-bond donors (Lipinski definition) is 1. The fourth-order valence-corrected chi connectivity index (χ4v) is 4.46. The summed E-state index contributed by atoms with van der Waals surface area (Å²) in [5.74, 6) is 1.03. The Balaban J connectivity index is 1.88. The molecule has 8 heteroatoms. The van der Waals surface area contributed by atoms with Crippen LogP contribution in [0.15, 0.2) is 59.8 Å². The Morgan fingerprint density at radius 2 is 1.75 bits per heavy atom. The summed E-state index contributed by atoms with van der Waals surface area (Å²) in [4.78, 5) is 0. The van der Waals surface area contributed by atoms with Crippen LogP contribution in [0.3, 0.4) is 0 Å². The molecule has 3 rings (SSSR count). The summed E-state index contributed by atoms with van der Waals surface area (Å²) in [7, 11) is -2.13. The molecule has 0 bridgehead atoms.